The molecule has 0 bridgehead atoms. The third-order valence-electron chi connectivity index (χ3n) is 4.70. The van der Waals surface area contributed by atoms with E-state index in [1.165, 1.54) is 5.56 Å². The third kappa shape index (κ3) is 2.73. The largest absolute Gasteiger partial charge is 0.290 e. The fourth-order valence-electron chi connectivity index (χ4n) is 3.55. The van der Waals surface area contributed by atoms with E-state index in [-0.39, 0.29) is 5.56 Å². The number of aromatic nitrogens is 4. The Morgan fingerprint density at radius 1 is 1.29 bits per heavy atom. The first-order valence-electron chi connectivity index (χ1n) is 8.32. The summed E-state index contributed by atoms with van der Waals surface area (Å²) in [6.07, 6.45) is 8.13. The van der Waals surface area contributed by atoms with Crippen LogP contribution in [0.15, 0.2) is 41.6 Å². The second-order valence-corrected chi connectivity index (χ2v) is 6.60. The second-order valence-electron chi connectivity index (χ2n) is 6.60. The van der Waals surface area contributed by atoms with Gasteiger partial charge < -0.3 is 0 Å². The molecule has 0 spiro atoms. The van der Waals surface area contributed by atoms with E-state index in [0.29, 0.717) is 18.2 Å². The van der Waals surface area contributed by atoms with E-state index in [0.717, 1.165) is 30.6 Å². The molecule has 1 fully saturated rings. The van der Waals surface area contributed by atoms with Gasteiger partial charge in [-0.1, -0.05) is 6.07 Å². The Bertz CT molecular complexity index is 942. The van der Waals surface area contributed by atoms with Crippen LogP contribution in [0.1, 0.15) is 35.7 Å². The van der Waals surface area contributed by atoms with Crippen molar-refractivity contribution >= 4 is 5.65 Å². The van der Waals surface area contributed by atoms with Gasteiger partial charge in [0.2, 0.25) is 0 Å². The predicted molar refractivity (Wildman–Crippen MR) is 91.8 cm³/mol. The van der Waals surface area contributed by atoms with Gasteiger partial charge in [-0.05, 0) is 37.9 Å². The summed E-state index contributed by atoms with van der Waals surface area (Å²) in [5.74, 6) is 0. The lowest BCUT2D eigenvalue weighted by Crippen LogP contribution is -2.25. The Morgan fingerprint density at radius 3 is 2.96 bits per heavy atom. The van der Waals surface area contributed by atoms with Crippen LogP contribution in [0, 0.1) is 6.92 Å². The third-order valence-corrected chi connectivity index (χ3v) is 4.70. The molecule has 3 aromatic heterocycles. The van der Waals surface area contributed by atoms with Gasteiger partial charge >= 0.3 is 0 Å². The molecule has 4 heterocycles. The van der Waals surface area contributed by atoms with Crippen molar-refractivity contribution in [2.45, 2.75) is 32.4 Å². The lowest BCUT2D eigenvalue weighted by atomic mass is 10.1. The highest BCUT2D eigenvalue weighted by atomic mass is 16.1. The number of pyridine rings is 1. The Labute approximate surface area is 140 Å². The van der Waals surface area contributed by atoms with Gasteiger partial charge in [-0.3, -0.25) is 18.8 Å². The van der Waals surface area contributed by atoms with Gasteiger partial charge in [-0.2, -0.15) is 5.10 Å². The Hall–Kier alpha value is -2.47. The van der Waals surface area contributed by atoms with Crippen molar-refractivity contribution in [3.8, 4) is 0 Å². The van der Waals surface area contributed by atoms with Crippen molar-refractivity contribution in [1.82, 2.24) is 24.1 Å². The second kappa shape index (κ2) is 5.87. The molecule has 0 aliphatic carbocycles. The van der Waals surface area contributed by atoms with Crippen molar-refractivity contribution in [1.29, 1.82) is 0 Å². The number of nitrogens with zero attached hydrogens (tertiary/aromatic N) is 5. The maximum atomic E-state index is 12.4. The van der Waals surface area contributed by atoms with E-state index in [1.807, 2.05) is 43.2 Å². The average Bonchev–Trinajstić information content (AvgIpc) is 3.17. The number of likely N-dealkylation sites (tertiary alicyclic amines) is 1. The molecule has 6 heteroatoms. The quantitative estimate of drug-likeness (QED) is 0.740. The minimum atomic E-state index is -0.0178. The zero-order chi connectivity index (χ0) is 16.7. The predicted octanol–water partition coefficient (Wildman–Crippen LogP) is 2.07. The maximum Gasteiger partial charge on any atom is 0.258 e. The van der Waals surface area contributed by atoms with Gasteiger partial charge in [0.1, 0.15) is 5.65 Å². The summed E-state index contributed by atoms with van der Waals surface area (Å²) in [7, 11) is 1.94. The molecule has 4 rings (SSSR count). The van der Waals surface area contributed by atoms with Crippen molar-refractivity contribution in [3.63, 3.8) is 0 Å². The van der Waals surface area contributed by atoms with Gasteiger partial charge in [-0.15, -0.1) is 0 Å². The van der Waals surface area contributed by atoms with E-state index >= 15 is 0 Å². The molecular weight excluding hydrogens is 302 g/mol. The summed E-state index contributed by atoms with van der Waals surface area (Å²) < 4.78 is 3.45. The van der Waals surface area contributed by atoms with E-state index in [1.54, 1.807) is 10.5 Å². The number of rotatable bonds is 3. The van der Waals surface area contributed by atoms with Crippen molar-refractivity contribution < 1.29 is 0 Å². The Balaban J connectivity index is 1.64. The van der Waals surface area contributed by atoms with Gasteiger partial charge in [0, 0.05) is 43.7 Å². The van der Waals surface area contributed by atoms with Gasteiger partial charge in [0.25, 0.3) is 5.56 Å². The highest BCUT2D eigenvalue weighted by molar-refractivity contribution is 5.40. The van der Waals surface area contributed by atoms with Crippen LogP contribution in [0.5, 0.6) is 0 Å². The number of aryl methyl sites for hydroxylation is 2. The number of fused-ring (bicyclic) bond motifs is 1. The summed E-state index contributed by atoms with van der Waals surface area (Å²) in [5, 5.41) is 4.29. The van der Waals surface area contributed by atoms with Crippen LogP contribution in [0.2, 0.25) is 0 Å². The van der Waals surface area contributed by atoms with Crippen molar-refractivity contribution in [3.05, 3.63) is 64.0 Å². The normalized spacial score (nSPS) is 18.5. The summed E-state index contributed by atoms with van der Waals surface area (Å²) in [5.41, 5.74) is 3.81. The monoisotopic (exact) mass is 323 g/mol. The topological polar surface area (TPSA) is 55.4 Å². The molecule has 0 radical (unpaired) electrons. The lowest BCUT2D eigenvalue weighted by molar-refractivity contribution is 0.245. The number of hydrogen-bond acceptors (Lipinski definition) is 4. The molecule has 6 nitrogen and oxygen atoms in total. The Morgan fingerprint density at radius 2 is 2.17 bits per heavy atom. The van der Waals surface area contributed by atoms with E-state index in [4.69, 9.17) is 0 Å². The SMILES string of the molecule is Cc1ccc2nc(CN3CCC[C@@H]3c3cnn(C)c3)cc(=O)n2c1. The van der Waals surface area contributed by atoms with Gasteiger partial charge in [-0.25, -0.2) is 4.98 Å². The van der Waals surface area contributed by atoms with Crippen LogP contribution in [-0.4, -0.2) is 30.6 Å². The van der Waals surface area contributed by atoms with Crippen LogP contribution in [0.25, 0.3) is 5.65 Å². The highest BCUT2D eigenvalue weighted by Crippen LogP contribution is 2.32. The van der Waals surface area contributed by atoms with E-state index in [9.17, 15) is 4.79 Å². The van der Waals surface area contributed by atoms with Gasteiger partial charge in [0.05, 0.1) is 11.9 Å². The van der Waals surface area contributed by atoms with Crippen LogP contribution in [-0.2, 0) is 13.6 Å². The summed E-state index contributed by atoms with van der Waals surface area (Å²) >= 11 is 0. The first-order valence-corrected chi connectivity index (χ1v) is 8.32. The molecule has 0 N–H and O–H groups in total. The molecule has 124 valence electrons. The molecule has 1 aliphatic rings. The molecule has 1 saturated heterocycles. The number of hydrogen-bond donors (Lipinski definition) is 0. The van der Waals surface area contributed by atoms with Crippen LogP contribution in [0.4, 0.5) is 0 Å². The average molecular weight is 323 g/mol. The summed E-state index contributed by atoms with van der Waals surface area (Å²) in [6.45, 7) is 3.69. The zero-order valence-corrected chi connectivity index (χ0v) is 14.0. The van der Waals surface area contributed by atoms with E-state index in [2.05, 4.69) is 21.2 Å². The van der Waals surface area contributed by atoms with Crippen molar-refractivity contribution in [2.24, 2.45) is 7.05 Å². The highest BCUT2D eigenvalue weighted by Gasteiger charge is 2.27. The van der Waals surface area contributed by atoms with Crippen LogP contribution in [0.3, 0.4) is 0 Å². The van der Waals surface area contributed by atoms with Crippen LogP contribution < -0.4 is 5.56 Å². The smallest absolute Gasteiger partial charge is 0.258 e. The molecule has 1 atom stereocenters. The lowest BCUT2D eigenvalue weighted by Gasteiger charge is -2.23. The first-order chi connectivity index (χ1) is 11.6. The fraction of sp³-hybridized carbons (Fsp3) is 0.389. The molecule has 3 aromatic rings. The summed E-state index contributed by atoms with van der Waals surface area (Å²) in [6, 6.07) is 5.91. The molecule has 0 amide bonds. The molecule has 0 saturated carbocycles. The molecular formula is C18H21N5O. The standard InChI is InChI=1S/C18H21N5O/c1-13-5-6-17-20-15(8-18(24)23(17)10-13)12-22-7-3-4-16(22)14-9-19-21(2)11-14/h5-6,8-11,16H,3-4,7,12H2,1-2H3/t16-/m1/s1. The van der Waals surface area contributed by atoms with E-state index < -0.39 is 0 Å². The first kappa shape index (κ1) is 15.1. The fourth-order valence-corrected chi connectivity index (χ4v) is 3.55. The summed E-state index contributed by atoms with van der Waals surface area (Å²) in [4.78, 5) is 19.4. The van der Waals surface area contributed by atoms with Crippen LogP contribution >= 0.6 is 0 Å². The molecule has 0 aromatic carbocycles. The minimum absolute atomic E-state index is 0.0178. The molecule has 24 heavy (non-hydrogen) atoms. The Kier molecular flexibility index (Phi) is 3.69. The molecule has 1 aliphatic heterocycles. The molecule has 0 unspecified atom stereocenters. The van der Waals surface area contributed by atoms with Crippen molar-refractivity contribution in [2.75, 3.05) is 6.54 Å². The zero-order valence-electron chi connectivity index (χ0n) is 14.0. The van der Waals surface area contributed by atoms with Gasteiger partial charge in [0.15, 0.2) is 0 Å². The maximum absolute atomic E-state index is 12.4. The minimum Gasteiger partial charge on any atom is -0.290 e.